The van der Waals surface area contributed by atoms with Gasteiger partial charge in [-0.3, -0.25) is 0 Å². The van der Waals surface area contributed by atoms with Crippen molar-refractivity contribution in [2.24, 2.45) is 0 Å². The van der Waals surface area contributed by atoms with Crippen LogP contribution in [0.25, 0.3) is 11.3 Å². The van der Waals surface area contributed by atoms with Crippen molar-refractivity contribution in [2.45, 2.75) is 0 Å². The number of methoxy groups -OCH3 is 1. The van der Waals surface area contributed by atoms with Gasteiger partial charge in [0.05, 0.1) is 17.1 Å². The second-order valence-electron chi connectivity index (χ2n) is 3.39. The second kappa shape index (κ2) is 4.69. The molecule has 7 heteroatoms. The average Bonchev–Trinajstić information content (AvgIpc) is 2.82. The van der Waals surface area contributed by atoms with Crippen molar-refractivity contribution in [3.63, 3.8) is 0 Å². The number of halogens is 1. The maximum absolute atomic E-state index is 10.7. The summed E-state index contributed by atoms with van der Waals surface area (Å²) >= 11 is 3.17. The van der Waals surface area contributed by atoms with Crippen LogP contribution in [0.3, 0.4) is 0 Å². The van der Waals surface area contributed by atoms with Gasteiger partial charge in [-0.2, -0.15) is 0 Å². The smallest absolute Gasteiger partial charge is 0.374 e. The van der Waals surface area contributed by atoms with Gasteiger partial charge in [0.25, 0.3) is 0 Å². The zero-order chi connectivity index (χ0) is 13.3. The van der Waals surface area contributed by atoms with Crippen LogP contribution in [0.5, 0.6) is 11.5 Å². The van der Waals surface area contributed by atoms with E-state index in [0.29, 0.717) is 15.8 Å². The van der Waals surface area contributed by atoms with Crippen molar-refractivity contribution >= 4 is 21.9 Å². The van der Waals surface area contributed by atoms with E-state index in [9.17, 15) is 9.90 Å². The molecule has 0 saturated heterocycles. The summed E-state index contributed by atoms with van der Waals surface area (Å²) < 4.78 is 10.1. The summed E-state index contributed by atoms with van der Waals surface area (Å²) in [5, 5.41) is 22.2. The molecule has 6 nitrogen and oxygen atoms in total. The first kappa shape index (κ1) is 12.4. The zero-order valence-corrected chi connectivity index (χ0v) is 10.8. The van der Waals surface area contributed by atoms with E-state index >= 15 is 0 Å². The predicted octanol–water partition coefficient (Wildman–Crippen LogP) is 2.52. The largest absolute Gasteiger partial charge is 0.506 e. The molecule has 0 saturated carbocycles. The van der Waals surface area contributed by atoms with E-state index in [1.165, 1.54) is 19.2 Å². The van der Waals surface area contributed by atoms with Crippen LogP contribution in [0.2, 0.25) is 0 Å². The monoisotopic (exact) mass is 313 g/mol. The van der Waals surface area contributed by atoms with Gasteiger partial charge in [0.15, 0.2) is 0 Å². The Balaban J connectivity index is 2.55. The van der Waals surface area contributed by atoms with Gasteiger partial charge in [0.2, 0.25) is 5.76 Å². The molecule has 2 N–H and O–H groups in total. The molecule has 0 spiro atoms. The topological polar surface area (TPSA) is 92.8 Å². The molecular formula is C11H8BrNO5. The Bertz CT molecular complexity index is 607. The number of rotatable bonds is 3. The minimum atomic E-state index is -1.23. The maximum Gasteiger partial charge on any atom is 0.374 e. The summed E-state index contributed by atoms with van der Waals surface area (Å²) in [5.41, 5.74) is 0.530. The SMILES string of the molecule is COc1cc(Br)c(O)c(-c2cc(C(=O)O)on2)c1. The molecule has 0 aliphatic rings. The number of benzene rings is 1. The minimum Gasteiger partial charge on any atom is -0.506 e. The van der Waals surface area contributed by atoms with Gasteiger partial charge in [-0.05, 0) is 28.1 Å². The van der Waals surface area contributed by atoms with Crippen molar-refractivity contribution in [3.05, 3.63) is 28.4 Å². The summed E-state index contributed by atoms with van der Waals surface area (Å²) in [7, 11) is 1.48. The summed E-state index contributed by atoms with van der Waals surface area (Å²) in [5.74, 6) is -1.10. The van der Waals surface area contributed by atoms with Crippen molar-refractivity contribution < 1.29 is 24.3 Å². The predicted molar refractivity (Wildman–Crippen MR) is 64.8 cm³/mol. The van der Waals surface area contributed by atoms with E-state index in [1.54, 1.807) is 6.07 Å². The summed E-state index contributed by atoms with van der Waals surface area (Å²) in [6, 6.07) is 4.34. The van der Waals surface area contributed by atoms with Gasteiger partial charge in [-0.15, -0.1) is 0 Å². The van der Waals surface area contributed by atoms with Gasteiger partial charge in [0.1, 0.15) is 17.2 Å². The Morgan fingerprint density at radius 2 is 2.17 bits per heavy atom. The molecule has 0 radical (unpaired) electrons. The number of aromatic carboxylic acids is 1. The molecule has 1 heterocycles. The Kier molecular flexibility index (Phi) is 3.24. The highest BCUT2D eigenvalue weighted by Crippen LogP contribution is 2.38. The number of phenols is 1. The Hall–Kier alpha value is -2.02. The van der Waals surface area contributed by atoms with Crippen LogP contribution in [0.15, 0.2) is 27.2 Å². The van der Waals surface area contributed by atoms with E-state index in [1.807, 2.05) is 0 Å². The number of phenolic OH excluding ortho intramolecular Hbond substituents is 1. The van der Waals surface area contributed by atoms with Gasteiger partial charge in [-0.1, -0.05) is 5.16 Å². The number of carboxylic acid groups (broad SMARTS) is 1. The normalized spacial score (nSPS) is 10.3. The molecule has 2 aromatic rings. The first-order valence-electron chi connectivity index (χ1n) is 4.80. The third kappa shape index (κ3) is 2.17. The van der Waals surface area contributed by atoms with Gasteiger partial charge >= 0.3 is 5.97 Å². The number of carboxylic acids is 1. The third-order valence-corrected chi connectivity index (χ3v) is 2.87. The molecule has 2 rings (SSSR count). The summed E-state index contributed by atoms with van der Waals surface area (Å²) in [6.45, 7) is 0. The molecule has 1 aromatic heterocycles. The number of hydrogen-bond donors (Lipinski definition) is 2. The minimum absolute atomic E-state index is 0.0685. The van der Waals surface area contributed by atoms with Crippen LogP contribution in [-0.2, 0) is 0 Å². The lowest BCUT2D eigenvalue weighted by Gasteiger charge is -2.06. The lowest BCUT2D eigenvalue weighted by Crippen LogP contribution is -1.91. The van der Waals surface area contributed by atoms with E-state index in [-0.39, 0.29) is 17.2 Å². The summed E-state index contributed by atoms with van der Waals surface area (Å²) in [6.07, 6.45) is 0. The number of ether oxygens (including phenoxy) is 1. The van der Waals surface area contributed by atoms with E-state index in [0.717, 1.165) is 0 Å². The van der Waals surface area contributed by atoms with Crippen LogP contribution in [0, 0.1) is 0 Å². The molecular weight excluding hydrogens is 306 g/mol. The van der Waals surface area contributed by atoms with Crippen LogP contribution < -0.4 is 4.74 Å². The van der Waals surface area contributed by atoms with E-state index < -0.39 is 5.97 Å². The number of hydrogen-bond acceptors (Lipinski definition) is 5. The van der Waals surface area contributed by atoms with Gasteiger partial charge in [-0.25, -0.2) is 4.79 Å². The number of carbonyl (C=O) groups is 1. The van der Waals surface area contributed by atoms with Crippen LogP contribution in [0.1, 0.15) is 10.6 Å². The number of aromatic nitrogens is 1. The highest BCUT2D eigenvalue weighted by molar-refractivity contribution is 9.10. The Morgan fingerprint density at radius 3 is 2.72 bits per heavy atom. The fraction of sp³-hybridized carbons (Fsp3) is 0.0909. The molecule has 0 amide bonds. The lowest BCUT2D eigenvalue weighted by atomic mass is 10.1. The van der Waals surface area contributed by atoms with Crippen molar-refractivity contribution in [2.75, 3.05) is 7.11 Å². The molecule has 0 bridgehead atoms. The molecule has 0 atom stereocenters. The first-order chi connectivity index (χ1) is 8.52. The second-order valence-corrected chi connectivity index (χ2v) is 4.24. The molecule has 0 unspecified atom stereocenters. The van der Waals surface area contributed by atoms with Crippen LogP contribution in [-0.4, -0.2) is 28.4 Å². The van der Waals surface area contributed by atoms with E-state index in [2.05, 4.69) is 25.6 Å². The molecule has 0 aliphatic carbocycles. The van der Waals surface area contributed by atoms with Crippen molar-refractivity contribution in [3.8, 4) is 22.8 Å². The van der Waals surface area contributed by atoms with Crippen LogP contribution >= 0.6 is 15.9 Å². The zero-order valence-electron chi connectivity index (χ0n) is 9.18. The quantitative estimate of drug-likeness (QED) is 0.904. The van der Waals surface area contributed by atoms with Gasteiger partial charge < -0.3 is 19.5 Å². The molecule has 1 aromatic carbocycles. The maximum atomic E-state index is 10.7. The Labute approximate surface area is 110 Å². The molecule has 94 valence electrons. The van der Waals surface area contributed by atoms with Crippen LogP contribution in [0.4, 0.5) is 0 Å². The first-order valence-corrected chi connectivity index (χ1v) is 5.59. The van der Waals surface area contributed by atoms with Gasteiger partial charge in [0, 0.05) is 6.07 Å². The molecule has 0 fully saturated rings. The standard InChI is InChI=1S/C11H8BrNO5/c1-17-5-2-6(10(14)7(12)3-5)8-4-9(11(15)16)18-13-8/h2-4,14H,1H3,(H,15,16). The number of nitrogens with zero attached hydrogens (tertiary/aromatic N) is 1. The van der Waals surface area contributed by atoms with Crippen molar-refractivity contribution in [1.82, 2.24) is 5.16 Å². The van der Waals surface area contributed by atoms with Crippen molar-refractivity contribution in [1.29, 1.82) is 0 Å². The Morgan fingerprint density at radius 1 is 1.44 bits per heavy atom. The summed E-state index contributed by atoms with van der Waals surface area (Å²) in [4.78, 5) is 10.7. The third-order valence-electron chi connectivity index (χ3n) is 2.27. The number of aromatic hydroxyl groups is 1. The van der Waals surface area contributed by atoms with E-state index in [4.69, 9.17) is 9.84 Å². The average molecular weight is 314 g/mol. The molecule has 18 heavy (non-hydrogen) atoms. The fourth-order valence-corrected chi connectivity index (χ4v) is 1.83. The highest BCUT2D eigenvalue weighted by atomic mass is 79.9. The lowest BCUT2D eigenvalue weighted by molar-refractivity contribution is 0.0652. The molecule has 0 aliphatic heterocycles. The fourth-order valence-electron chi connectivity index (χ4n) is 1.39. The highest BCUT2D eigenvalue weighted by Gasteiger charge is 2.17.